The number of halogens is 3. The number of alkyl halides is 3. The van der Waals surface area contributed by atoms with E-state index in [0.717, 1.165) is 0 Å². The predicted octanol–water partition coefficient (Wildman–Crippen LogP) is 1.71. The number of aliphatic carboxylic acids is 1. The zero-order valence-corrected chi connectivity index (χ0v) is 12.3. The number of urea groups is 1. The molecule has 0 unspecified atom stereocenters. The van der Waals surface area contributed by atoms with Gasteiger partial charge in [0.2, 0.25) is 0 Å². The summed E-state index contributed by atoms with van der Waals surface area (Å²) in [7, 11) is 1.52. The van der Waals surface area contributed by atoms with Crippen molar-refractivity contribution in [3.8, 4) is 0 Å². The summed E-state index contributed by atoms with van der Waals surface area (Å²) >= 11 is 0. The number of carbonyl (C=O) groups excluding carboxylic acids is 1. The summed E-state index contributed by atoms with van der Waals surface area (Å²) in [5.74, 6) is -1.51. The summed E-state index contributed by atoms with van der Waals surface area (Å²) in [6, 6.07) is -1.06. The fourth-order valence-electron chi connectivity index (χ4n) is 1.47. The van der Waals surface area contributed by atoms with Crippen molar-refractivity contribution in [3.63, 3.8) is 0 Å². The number of carboxylic acid groups (broad SMARTS) is 1. The molecule has 0 spiro atoms. The Morgan fingerprint density at radius 2 is 1.86 bits per heavy atom. The molecule has 0 aliphatic heterocycles. The van der Waals surface area contributed by atoms with Crippen molar-refractivity contribution in [3.05, 3.63) is 0 Å². The van der Waals surface area contributed by atoms with Crippen molar-refractivity contribution in [2.75, 3.05) is 33.4 Å². The summed E-state index contributed by atoms with van der Waals surface area (Å²) in [4.78, 5) is 22.5. The molecule has 6 nitrogen and oxygen atoms in total. The van der Waals surface area contributed by atoms with E-state index in [1.165, 1.54) is 7.11 Å². The van der Waals surface area contributed by atoms with Crippen LogP contribution in [-0.4, -0.2) is 61.5 Å². The highest BCUT2D eigenvalue weighted by Crippen LogP contribution is 2.19. The molecule has 0 saturated heterocycles. The van der Waals surface area contributed by atoms with Gasteiger partial charge in [-0.15, -0.1) is 0 Å². The summed E-state index contributed by atoms with van der Waals surface area (Å²) in [5, 5.41) is 10.9. The second kappa shape index (κ2) is 8.06. The van der Waals surface area contributed by atoms with Gasteiger partial charge in [-0.1, -0.05) is 13.8 Å². The maximum absolute atomic E-state index is 12.3. The van der Waals surface area contributed by atoms with Crippen LogP contribution in [0.5, 0.6) is 0 Å². The molecule has 124 valence electrons. The van der Waals surface area contributed by atoms with E-state index < -0.39 is 31.3 Å². The molecule has 0 aliphatic rings. The predicted molar refractivity (Wildman–Crippen MR) is 68.9 cm³/mol. The van der Waals surface area contributed by atoms with Crippen LogP contribution in [0.2, 0.25) is 0 Å². The van der Waals surface area contributed by atoms with E-state index in [1.54, 1.807) is 0 Å². The third-order valence-corrected chi connectivity index (χ3v) is 2.68. The molecular formula is C12H21F3N2O4. The second-order valence-electron chi connectivity index (χ2n) is 5.43. The van der Waals surface area contributed by atoms with Gasteiger partial charge in [-0.05, 0) is 11.8 Å². The lowest BCUT2D eigenvalue weighted by atomic mass is 9.90. The first-order valence-corrected chi connectivity index (χ1v) is 6.27. The minimum Gasteiger partial charge on any atom is -0.480 e. The maximum atomic E-state index is 12.3. The van der Waals surface area contributed by atoms with E-state index in [9.17, 15) is 22.8 Å². The van der Waals surface area contributed by atoms with Gasteiger partial charge in [0.05, 0.1) is 0 Å². The monoisotopic (exact) mass is 314 g/mol. The van der Waals surface area contributed by atoms with Crippen LogP contribution in [0.25, 0.3) is 0 Å². The number of nitrogens with one attached hydrogen (secondary N) is 1. The minimum absolute atomic E-state index is 0.114. The van der Waals surface area contributed by atoms with Crippen LogP contribution in [0.4, 0.5) is 18.0 Å². The first-order valence-electron chi connectivity index (χ1n) is 6.27. The maximum Gasteiger partial charge on any atom is 0.406 e. The zero-order valence-electron chi connectivity index (χ0n) is 12.3. The molecule has 0 aromatic rings. The highest BCUT2D eigenvalue weighted by molar-refractivity contribution is 5.80. The van der Waals surface area contributed by atoms with Crippen molar-refractivity contribution >= 4 is 12.0 Å². The largest absolute Gasteiger partial charge is 0.480 e. The number of methoxy groups -OCH3 is 1. The first-order chi connectivity index (χ1) is 9.47. The molecule has 0 aromatic heterocycles. The molecule has 21 heavy (non-hydrogen) atoms. The van der Waals surface area contributed by atoms with Crippen LogP contribution in [0.15, 0.2) is 0 Å². The molecule has 0 rings (SSSR count). The number of hydrogen-bond donors (Lipinski definition) is 2. The molecule has 0 saturated carbocycles. The van der Waals surface area contributed by atoms with Crippen molar-refractivity contribution in [2.45, 2.75) is 26.4 Å². The molecule has 0 heterocycles. The molecule has 0 fully saturated rings. The number of rotatable bonds is 8. The Balaban J connectivity index is 4.56. The Kier molecular flexibility index (Phi) is 7.48. The number of carbonyl (C=O) groups is 2. The van der Waals surface area contributed by atoms with Crippen molar-refractivity contribution < 1.29 is 32.6 Å². The Bertz CT molecular complexity index is 359. The molecule has 2 amide bonds. The SMILES string of the molecule is COCCC(C)(C)CNC(=O)N(CC(=O)O)CC(F)(F)F. The van der Waals surface area contributed by atoms with Crippen molar-refractivity contribution in [2.24, 2.45) is 5.41 Å². The first kappa shape index (κ1) is 19.5. The average Bonchev–Trinajstić information content (AvgIpc) is 2.30. The molecule has 0 radical (unpaired) electrons. The topological polar surface area (TPSA) is 78.9 Å². The van der Waals surface area contributed by atoms with Gasteiger partial charge < -0.3 is 20.1 Å². The fraction of sp³-hybridized carbons (Fsp3) is 0.833. The molecule has 0 bridgehead atoms. The molecule has 0 aliphatic carbocycles. The summed E-state index contributed by atoms with van der Waals surface area (Å²) in [5.41, 5.74) is -0.376. The minimum atomic E-state index is -4.65. The third kappa shape index (κ3) is 9.94. The smallest absolute Gasteiger partial charge is 0.406 e. The summed E-state index contributed by atoms with van der Waals surface area (Å²) in [6.07, 6.45) is -4.06. The van der Waals surface area contributed by atoms with E-state index >= 15 is 0 Å². The van der Waals surface area contributed by atoms with Crippen LogP contribution in [0, 0.1) is 5.41 Å². The van der Waals surface area contributed by atoms with E-state index in [4.69, 9.17) is 9.84 Å². The van der Waals surface area contributed by atoms with Gasteiger partial charge in [-0.25, -0.2) is 4.79 Å². The van der Waals surface area contributed by atoms with E-state index in [2.05, 4.69) is 5.32 Å². The van der Waals surface area contributed by atoms with Crippen LogP contribution < -0.4 is 5.32 Å². The quantitative estimate of drug-likeness (QED) is 0.715. The molecular weight excluding hydrogens is 293 g/mol. The lowest BCUT2D eigenvalue weighted by Gasteiger charge is -2.27. The van der Waals surface area contributed by atoms with Gasteiger partial charge in [0, 0.05) is 20.3 Å². The van der Waals surface area contributed by atoms with E-state index in [-0.39, 0.29) is 16.9 Å². The van der Waals surface area contributed by atoms with Crippen LogP contribution in [0.1, 0.15) is 20.3 Å². The summed E-state index contributed by atoms with van der Waals surface area (Å²) in [6.45, 7) is 1.58. The average molecular weight is 314 g/mol. The standard InChI is InChI=1S/C12H21F3N2O4/c1-11(2,4-5-21-3)7-16-10(20)17(6-9(18)19)8-12(13,14)15/h4-8H2,1-3H3,(H,16,20)(H,18,19). The molecule has 0 aromatic carbocycles. The van der Waals surface area contributed by atoms with Gasteiger partial charge in [0.15, 0.2) is 0 Å². The van der Waals surface area contributed by atoms with Gasteiger partial charge in [0.1, 0.15) is 13.1 Å². The lowest BCUT2D eigenvalue weighted by molar-refractivity contribution is -0.149. The molecule has 2 N–H and O–H groups in total. The highest BCUT2D eigenvalue weighted by atomic mass is 19.4. The van der Waals surface area contributed by atoms with Gasteiger partial charge >= 0.3 is 18.2 Å². The summed E-state index contributed by atoms with van der Waals surface area (Å²) < 4.78 is 41.9. The number of carboxylic acids is 1. The Morgan fingerprint density at radius 1 is 1.29 bits per heavy atom. The number of hydrogen-bond acceptors (Lipinski definition) is 3. The van der Waals surface area contributed by atoms with Crippen LogP contribution in [-0.2, 0) is 9.53 Å². The molecule has 9 heteroatoms. The van der Waals surface area contributed by atoms with E-state index in [0.29, 0.717) is 13.0 Å². The molecule has 0 atom stereocenters. The van der Waals surface area contributed by atoms with Gasteiger partial charge in [0.25, 0.3) is 0 Å². The number of ether oxygens (including phenoxy) is 1. The lowest BCUT2D eigenvalue weighted by Crippen LogP contribution is -2.49. The Hall–Kier alpha value is -1.51. The van der Waals surface area contributed by atoms with Crippen molar-refractivity contribution in [1.82, 2.24) is 10.2 Å². The van der Waals surface area contributed by atoms with Crippen molar-refractivity contribution in [1.29, 1.82) is 0 Å². The fourth-order valence-corrected chi connectivity index (χ4v) is 1.47. The van der Waals surface area contributed by atoms with Crippen LogP contribution >= 0.6 is 0 Å². The van der Waals surface area contributed by atoms with Gasteiger partial charge in [-0.2, -0.15) is 13.2 Å². The van der Waals surface area contributed by atoms with Gasteiger partial charge in [-0.3, -0.25) is 4.79 Å². The Labute approximate surface area is 121 Å². The number of amides is 2. The zero-order chi connectivity index (χ0) is 16.7. The normalized spacial score (nSPS) is 12.1. The second-order valence-corrected chi connectivity index (χ2v) is 5.43. The Morgan fingerprint density at radius 3 is 2.29 bits per heavy atom. The van der Waals surface area contributed by atoms with E-state index in [1.807, 2.05) is 13.8 Å². The number of nitrogens with zero attached hydrogens (tertiary/aromatic N) is 1. The van der Waals surface area contributed by atoms with Crippen LogP contribution in [0.3, 0.4) is 0 Å². The highest BCUT2D eigenvalue weighted by Gasteiger charge is 2.34. The third-order valence-electron chi connectivity index (χ3n) is 2.68.